The van der Waals surface area contributed by atoms with Crippen LogP contribution in [-0.2, 0) is 4.79 Å². The van der Waals surface area contributed by atoms with Gasteiger partial charge in [-0.05, 0) is 42.8 Å². The maximum Gasteiger partial charge on any atom is 0.261 e. The fraction of sp³-hybridized carbons (Fsp3) is 0.208. The van der Waals surface area contributed by atoms with E-state index in [1.165, 1.54) is 19.2 Å². The smallest absolute Gasteiger partial charge is 0.261 e. The van der Waals surface area contributed by atoms with Gasteiger partial charge >= 0.3 is 0 Å². The second-order valence-electron chi connectivity index (χ2n) is 6.81. The van der Waals surface area contributed by atoms with Gasteiger partial charge in [0.15, 0.2) is 11.6 Å². The summed E-state index contributed by atoms with van der Waals surface area (Å²) in [6, 6.07) is 15.9. The molecule has 158 valence electrons. The standard InChI is InChI=1S/C24H23FN4O2/c1-3-4-12-31-22-11-10-17(14-21(22)25)23-19(13-18(15-26)24(30)27-2)16-29(28-23)20-8-6-5-7-9-20/h5-11,13-14,16H,3-4,12H2,1-2H3,(H,27,30)/b18-13+. The molecule has 0 radical (unpaired) electrons. The van der Waals surface area contributed by atoms with Gasteiger partial charge in [0.05, 0.1) is 12.3 Å². The van der Waals surface area contributed by atoms with E-state index in [0.29, 0.717) is 23.4 Å². The molecule has 2 aromatic carbocycles. The molecular weight excluding hydrogens is 395 g/mol. The van der Waals surface area contributed by atoms with Crippen molar-refractivity contribution in [3.63, 3.8) is 0 Å². The Morgan fingerprint density at radius 3 is 2.71 bits per heavy atom. The molecule has 0 saturated carbocycles. The molecule has 3 aromatic rings. The van der Waals surface area contributed by atoms with Crippen molar-refractivity contribution in [2.75, 3.05) is 13.7 Å². The minimum absolute atomic E-state index is 0.0728. The monoisotopic (exact) mass is 418 g/mol. The number of nitrogens with zero attached hydrogens (tertiary/aromatic N) is 3. The van der Waals surface area contributed by atoms with Crippen LogP contribution in [0.25, 0.3) is 23.0 Å². The molecule has 1 aromatic heterocycles. The van der Waals surface area contributed by atoms with Crippen LogP contribution in [0.4, 0.5) is 4.39 Å². The summed E-state index contributed by atoms with van der Waals surface area (Å²) < 4.78 is 21.8. The normalized spacial score (nSPS) is 11.1. The van der Waals surface area contributed by atoms with Crippen LogP contribution in [0.1, 0.15) is 25.3 Å². The van der Waals surface area contributed by atoms with Crippen LogP contribution in [0.15, 0.2) is 60.3 Å². The number of nitriles is 1. The van der Waals surface area contributed by atoms with Crippen molar-refractivity contribution >= 4 is 12.0 Å². The zero-order chi connectivity index (χ0) is 22.2. The average Bonchev–Trinajstić information content (AvgIpc) is 3.22. The Labute approximate surface area is 180 Å². The third-order valence-electron chi connectivity index (χ3n) is 4.62. The number of hydrogen-bond donors (Lipinski definition) is 1. The van der Waals surface area contributed by atoms with Gasteiger partial charge in [0.2, 0.25) is 0 Å². The summed E-state index contributed by atoms with van der Waals surface area (Å²) in [5.74, 6) is -0.823. The highest BCUT2D eigenvalue weighted by Crippen LogP contribution is 2.29. The van der Waals surface area contributed by atoms with E-state index >= 15 is 0 Å². The Kier molecular flexibility index (Phi) is 7.17. The van der Waals surface area contributed by atoms with Crippen LogP contribution in [0.3, 0.4) is 0 Å². The Hall–Kier alpha value is -3.92. The molecule has 0 unspecified atom stereocenters. The number of ether oxygens (including phenoxy) is 1. The van der Waals surface area contributed by atoms with Crippen LogP contribution < -0.4 is 10.1 Å². The highest BCUT2D eigenvalue weighted by molar-refractivity contribution is 6.02. The number of amides is 1. The molecule has 1 N–H and O–H groups in total. The lowest BCUT2D eigenvalue weighted by molar-refractivity contribution is -0.116. The minimum Gasteiger partial charge on any atom is -0.491 e. The van der Waals surface area contributed by atoms with Gasteiger partial charge in [-0.25, -0.2) is 9.07 Å². The number of rotatable bonds is 8. The van der Waals surface area contributed by atoms with E-state index in [9.17, 15) is 14.4 Å². The fourth-order valence-corrected chi connectivity index (χ4v) is 2.96. The van der Waals surface area contributed by atoms with Crippen molar-refractivity contribution in [2.45, 2.75) is 19.8 Å². The van der Waals surface area contributed by atoms with Gasteiger partial charge in [0.1, 0.15) is 17.3 Å². The van der Waals surface area contributed by atoms with E-state index in [4.69, 9.17) is 4.74 Å². The summed E-state index contributed by atoms with van der Waals surface area (Å²) in [6.07, 6.45) is 4.95. The molecule has 7 heteroatoms. The average molecular weight is 418 g/mol. The molecule has 0 aliphatic carbocycles. The third-order valence-corrected chi connectivity index (χ3v) is 4.62. The van der Waals surface area contributed by atoms with E-state index in [0.717, 1.165) is 18.5 Å². The molecule has 0 saturated heterocycles. The van der Waals surface area contributed by atoms with Crippen LogP contribution in [-0.4, -0.2) is 29.3 Å². The zero-order valence-electron chi connectivity index (χ0n) is 17.4. The first kappa shape index (κ1) is 21.8. The number of likely N-dealkylation sites (N-methyl/N-ethyl adjacent to an activating group) is 1. The first-order valence-electron chi connectivity index (χ1n) is 9.99. The summed E-state index contributed by atoms with van der Waals surface area (Å²) >= 11 is 0. The van der Waals surface area contributed by atoms with Crippen LogP contribution in [0.2, 0.25) is 0 Å². The first-order chi connectivity index (χ1) is 15.1. The summed E-state index contributed by atoms with van der Waals surface area (Å²) in [6.45, 7) is 2.48. The molecule has 0 atom stereocenters. The maximum atomic E-state index is 14.6. The summed E-state index contributed by atoms with van der Waals surface area (Å²) in [7, 11) is 1.45. The van der Waals surface area contributed by atoms with Crippen LogP contribution in [0.5, 0.6) is 5.75 Å². The van der Waals surface area contributed by atoms with Crippen molar-refractivity contribution in [1.82, 2.24) is 15.1 Å². The number of carbonyl (C=O) groups is 1. The Bertz CT molecular complexity index is 1130. The van der Waals surface area contributed by atoms with E-state index in [1.54, 1.807) is 23.0 Å². The van der Waals surface area contributed by atoms with Gasteiger partial charge in [-0.3, -0.25) is 4.79 Å². The lowest BCUT2D eigenvalue weighted by atomic mass is 10.1. The van der Waals surface area contributed by atoms with E-state index in [2.05, 4.69) is 10.4 Å². The number of benzene rings is 2. The molecule has 6 nitrogen and oxygen atoms in total. The number of unbranched alkanes of at least 4 members (excludes halogenated alkanes) is 1. The lowest BCUT2D eigenvalue weighted by Gasteiger charge is -2.08. The van der Waals surface area contributed by atoms with Crippen LogP contribution in [0, 0.1) is 17.1 Å². The van der Waals surface area contributed by atoms with Gasteiger partial charge in [-0.15, -0.1) is 0 Å². The van der Waals surface area contributed by atoms with Gasteiger partial charge < -0.3 is 10.1 Å². The Morgan fingerprint density at radius 2 is 2.06 bits per heavy atom. The fourth-order valence-electron chi connectivity index (χ4n) is 2.96. The predicted octanol–water partition coefficient (Wildman–Crippen LogP) is 4.51. The quantitative estimate of drug-likeness (QED) is 0.332. The topological polar surface area (TPSA) is 79.9 Å². The maximum absolute atomic E-state index is 14.6. The molecule has 0 spiro atoms. The largest absolute Gasteiger partial charge is 0.491 e. The molecule has 1 heterocycles. The number of nitrogens with one attached hydrogen (secondary N) is 1. The number of carbonyl (C=O) groups excluding carboxylic acids is 1. The summed E-state index contributed by atoms with van der Waals surface area (Å²) in [5.41, 5.74) is 2.19. The number of hydrogen-bond acceptors (Lipinski definition) is 4. The highest BCUT2D eigenvalue weighted by Gasteiger charge is 2.16. The molecule has 0 bridgehead atoms. The Morgan fingerprint density at radius 1 is 1.29 bits per heavy atom. The molecule has 0 aliphatic heterocycles. The molecule has 0 fully saturated rings. The Balaban J connectivity index is 2.07. The molecule has 1 amide bonds. The van der Waals surface area contributed by atoms with Crippen molar-refractivity contribution in [2.24, 2.45) is 0 Å². The van der Waals surface area contributed by atoms with Gasteiger partial charge in [-0.2, -0.15) is 10.4 Å². The second kappa shape index (κ2) is 10.2. The lowest BCUT2D eigenvalue weighted by Crippen LogP contribution is -2.19. The van der Waals surface area contributed by atoms with E-state index in [-0.39, 0.29) is 11.3 Å². The SMILES string of the molecule is CCCCOc1ccc(-c2nn(-c3ccccc3)cc2/C=C(\C#N)C(=O)NC)cc1F. The van der Waals surface area contributed by atoms with Crippen molar-refractivity contribution in [3.8, 4) is 28.8 Å². The van der Waals surface area contributed by atoms with Gasteiger partial charge in [0, 0.05) is 24.4 Å². The molecule has 0 aliphatic rings. The zero-order valence-corrected chi connectivity index (χ0v) is 17.4. The van der Waals surface area contributed by atoms with Gasteiger partial charge in [-0.1, -0.05) is 31.5 Å². The minimum atomic E-state index is -0.508. The molecular formula is C24H23FN4O2. The van der Waals surface area contributed by atoms with Crippen LogP contribution >= 0.6 is 0 Å². The number of aromatic nitrogens is 2. The van der Waals surface area contributed by atoms with E-state index in [1.807, 2.05) is 43.3 Å². The van der Waals surface area contributed by atoms with E-state index < -0.39 is 11.7 Å². The van der Waals surface area contributed by atoms with Gasteiger partial charge in [0.25, 0.3) is 5.91 Å². The molecule has 31 heavy (non-hydrogen) atoms. The molecule has 3 rings (SSSR count). The third kappa shape index (κ3) is 5.17. The highest BCUT2D eigenvalue weighted by atomic mass is 19.1. The summed E-state index contributed by atoms with van der Waals surface area (Å²) in [4.78, 5) is 12.0. The second-order valence-corrected chi connectivity index (χ2v) is 6.81. The predicted molar refractivity (Wildman–Crippen MR) is 117 cm³/mol. The summed E-state index contributed by atoms with van der Waals surface area (Å²) in [5, 5.41) is 16.4. The van der Waals surface area contributed by atoms with Crippen molar-refractivity contribution in [1.29, 1.82) is 5.26 Å². The first-order valence-corrected chi connectivity index (χ1v) is 9.99. The number of halogens is 1. The van der Waals surface area contributed by atoms with Crippen molar-refractivity contribution in [3.05, 3.63) is 71.7 Å². The number of para-hydroxylation sites is 1. The van der Waals surface area contributed by atoms with Crippen molar-refractivity contribution < 1.29 is 13.9 Å².